The topological polar surface area (TPSA) is 85.9 Å². The summed E-state index contributed by atoms with van der Waals surface area (Å²) < 4.78 is 5.80. The van der Waals surface area contributed by atoms with Gasteiger partial charge < -0.3 is 25.2 Å². The number of fused-ring (bicyclic) bond motifs is 1. The summed E-state index contributed by atoms with van der Waals surface area (Å²) in [6, 6.07) is 7.17. The van der Waals surface area contributed by atoms with Gasteiger partial charge in [-0.05, 0) is 45.2 Å². The third-order valence-electron chi connectivity index (χ3n) is 8.77. The van der Waals surface area contributed by atoms with Crippen LogP contribution in [0.1, 0.15) is 51.5 Å². The minimum absolute atomic E-state index is 0.140. The number of aromatic nitrogens is 2. The number of ether oxygens (including phenoxy) is 1. The summed E-state index contributed by atoms with van der Waals surface area (Å²) in [4.78, 5) is 30.0. The maximum absolute atomic E-state index is 13.1. The van der Waals surface area contributed by atoms with Gasteiger partial charge in [-0.3, -0.25) is 9.69 Å². The maximum atomic E-state index is 13.1. The standard InChI is InChI=1S/C28H39N7O2/c1-19(2)33-12-14-34(15-13-33)23-9-8-21(16-24(23)37-3)31-27-30-18-20-17-28(10-11-29-26(28)36)35(25(20)32-27)22-6-4-5-7-22/h8-9,16,18-19,22H,4-7,10-15,17H2,1-3H3,(H,29,36)(H,30,31,32). The minimum Gasteiger partial charge on any atom is -0.495 e. The number of carbonyl (C=O) groups excluding carboxylic acids is 1. The summed E-state index contributed by atoms with van der Waals surface area (Å²) in [6.45, 7) is 9.33. The van der Waals surface area contributed by atoms with Crippen molar-refractivity contribution in [2.45, 2.75) is 70.0 Å². The van der Waals surface area contributed by atoms with E-state index < -0.39 is 5.54 Å². The maximum Gasteiger partial charge on any atom is 0.246 e. The van der Waals surface area contributed by atoms with E-state index in [1.165, 1.54) is 12.8 Å². The molecule has 1 aromatic carbocycles. The Morgan fingerprint density at radius 2 is 1.95 bits per heavy atom. The molecule has 1 aromatic heterocycles. The zero-order chi connectivity index (χ0) is 25.6. The number of nitrogens with zero attached hydrogens (tertiary/aromatic N) is 5. The molecule has 9 heteroatoms. The van der Waals surface area contributed by atoms with E-state index in [-0.39, 0.29) is 5.91 Å². The number of carbonyl (C=O) groups is 1. The van der Waals surface area contributed by atoms with Crippen molar-refractivity contribution in [2.75, 3.05) is 55.0 Å². The molecule has 2 aromatic rings. The summed E-state index contributed by atoms with van der Waals surface area (Å²) in [5.41, 5.74) is 2.57. The molecular weight excluding hydrogens is 466 g/mol. The molecule has 4 heterocycles. The summed E-state index contributed by atoms with van der Waals surface area (Å²) in [5.74, 6) is 2.46. The fourth-order valence-corrected chi connectivity index (χ4v) is 6.76. The van der Waals surface area contributed by atoms with E-state index in [0.717, 1.165) is 80.5 Å². The van der Waals surface area contributed by atoms with Crippen molar-refractivity contribution in [1.29, 1.82) is 0 Å². The summed E-state index contributed by atoms with van der Waals surface area (Å²) in [7, 11) is 1.73. The highest BCUT2D eigenvalue weighted by Gasteiger charge is 2.55. The molecule has 9 nitrogen and oxygen atoms in total. The lowest BCUT2D eigenvalue weighted by molar-refractivity contribution is -0.123. The van der Waals surface area contributed by atoms with Gasteiger partial charge in [-0.15, -0.1) is 0 Å². The minimum atomic E-state index is -0.505. The molecule has 3 aliphatic heterocycles. The molecular formula is C28H39N7O2. The van der Waals surface area contributed by atoms with Crippen LogP contribution >= 0.6 is 0 Å². The van der Waals surface area contributed by atoms with Gasteiger partial charge in [0.25, 0.3) is 0 Å². The molecule has 0 radical (unpaired) electrons. The zero-order valence-corrected chi connectivity index (χ0v) is 22.3. The number of hydrogen-bond donors (Lipinski definition) is 2. The number of methoxy groups -OCH3 is 1. The SMILES string of the molecule is COc1cc(Nc2ncc3c(n2)N(C2CCCC2)C2(CCNC2=O)C3)ccc1N1CCN(C(C)C)CC1. The molecule has 1 atom stereocenters. The van der Waals surface area contributed by atoms with Crippen LogP contribution in [0.15, 0.2) is 24.4 Å². The molecule has 3 fully saturated rings. The predicted molar refractivity (Wildman–Crippen MR) is 146 cm³/mol. The van der Waals surface area contributed by atoms with Crippen molar-refractivity contribution in [1.82, 2.24) is 20.2 Å². The Kier molecular flexibility index (Phi) is 6.34. The van der Waals surface area contributed by atoms with Crippen LogP contribution in [0.2, 0.25) is 0 Å². The fraction of sp³-hybridized carbons (Fsp3) is 0.607. The summed E-state index contributed by atoms with van der Waals surface area (Å²) in [6.07, 6.45) is 8.08. The van der Waals surface area contributed by atoms with Crippen LogP contribution in [-0.4, -0.2) is 78.2 Å². The van der Waals surface area contributed by atoms with Crippen molar-refractivity contribution < 1.29 is 9.53 Å². The second-order valence-electron chi connectivity index (χ2n) is 11.2. The van der Waals surface area contributed by atoms with Crippen molar-refractivity contribution in [3.63, 3.8) is 0 Å². The zero-order valence-electron chi connectivity index (χ0n) is 22.3. The van der Waals surface area contributed by atoms with Gasteiger partial charge in [0.1, 0.15) is 17.1 Å². The molecule has 37 heavy (non-hydrogen) atoms. The summed E-state index contributed by atoms with van der Waals surface area (Å²) in [5, 5.41) is 6.49. The van der Waals surface area contributed by atoms with Gasteiger partial charge in [0.15, 0.2) is 0 Å². The van der Waals surface area contributed by atoms with Crippen molar-refractivity contribution in [2.24, 2.45) is 0 Å². The molecule has 1 amide bonds. The van der Waals surface area contributed by atoms with Crippen molar-refractivity contribution in [3.05, 3.63) is 30.0 Å². The monoisotopic (exact) mass is 505 g/mol. The quantitative estimate of drug-likeness (QED) is 0.619. The number of nitrogens with one attached hydrogen (secondary N) is 2. The first-order chi connectivity index (χ1) is 18.0. The third kappa shape index (κ3) is 4.27. The van der Waals surface area contributed by atoms with Gasteiger partial charge >= 0.3 is 0 Å². The fourth-order valence-electron chi connectivity index (χ4n) is 6.76. The average molecular weight is 506 g/mol. The second kappa shape index (κ2) is 9.67. The molecule has 1 aliphatic carbocycles. The van der Waals surface area contributed by atoms with Crippen LogP contribution in [-0.2, 0) is 11.2 Å². The molecule has 1 saturated carbocycles. The highest BCUT2D eigenvalue weighted by atomic mass is 16.5. The average Bonchev–Trinajstić information content (AvgIpc) is 3.63. The van der Waals surface area contributed by atoms with Gasteiger partial charge in [0.05, 0.1) is 12.8 Å². The van der Waals surface area contributed by atoms with E-state index in [1.54, 1.807) is 7.11 Å². The molecule has 1 spiro atoms. The van der Waals surface area contributed by atoms with Crippen molar-refractivity contribution in [3.8, 4) is 5.75 Å². The van der Waals surface area contributed by atoms with Gasteiger partial charge in [0.2, 0.25) is 11.9 Å². The highest BCUT2D eigenvalue weighted by molar-refractivity contribution is 5.94. The van der Waals surface area contributed by atoms with Gasteiger partial charge in [0, 0.05) is 74.7 Å². The van der Waals surface area contributed by atoms with Gasteiger partial charge in [-0.1, -0.05) is 12.8 Å². The second-order valence-corrected chi connectivity index (χ2v) is 11.2. The van der Waals surface area contributed by atoms with Crippen LogP contribution < -0.4 is 25.2 Å². The number of hydrogen-bond acceptors (Lipinski definition) is 8. The Morgan fingerprint density at radius 3 is 2.62 bits per heavy atom. The largest absolute Gasteiger partial charge is 0.495 e. The lowest BCUT2D eigenvalue weighted by Gasteiger charge is -2.38. The first kappa shape index (κ1) is 24.3. The van der Waals surface area contributed by atoms with E-state index in [9.17, 15) is 4.79 Å². The van der Waals surface area contributed by atoms with Crippen molar-refractivity contribution >= 4 is 29.0 Å². The van der Waals surface area contributed by atoms with E-state index in [2.05, 4.69) is 56.3 Å². The van der Waals surface area contributed by atoms with Crippen LogP contribution in [0.3, 0.4) is 0 Å². The first-order valence-corrected chi connectivity index (χ1v) is 13.9. The number of piperazine rings is 1. The Bertz CT molecular complexity index is 1160. The number of amides is 1. The van der Waals surface area contributed by atoms with Crippen LogP contribution in [0.25, 0.3) is 0 Å². The lowest BCUT2D eigenvalue weighted by Crippen LogP contribution is -2.56. The van der Waals surface area contributed by atoms with Crippen LogP contribution in [0, 0.1) is 0 Å². The Balaban J connectivity index is 1.24. The number of anilines is 4. The third-order valence-corrected chi connectivity index (χ3v) is 8.77. The van der Waals surface area contributed by atoms with E-state index in [1.807, 2.05) is 12.3 Å². The normalized spacial score (nSPS) is 24.3. The van der Waals surface area contributed by atoms with Gasteiger partial charge in [-0.2, -0.15) is 4.98 Å². The molecule has 2 N–H and O–H groups in total. The van der Waals surface area contributed by atoms with Gasteiger partial charge in [-0.25, -0.2) is 4.98 Å². The lowest BCUT2D eigenvalue weighted by atomic mass is 9.91. The van der Waals surface area contributed by atoms with E-state index >= 15 is 0 Å². The Labute approximate surface area is 219 Å². The number of rotatable bonds is 6. The van der Waals surface area contributed by atoms with Crippen LogP contribution in [0.5, 0.6) is 5.75 Å². The highest BCUT2D eigenvalue weighted by Crippen LogP contribution is 2.46. The van der Waals surface area contributed by atoms with Crippen LogP contribution in [0.4, 0.5) is 23.1 Å². The predicted octanol–water partition coefficient (Wildman–Crippen LogP) is 3.32. The van der Waals surface area contributed by atoms with E-state index in [4.69, 9.17) is 9.72 Å². The molecule has 1 unspecified atom stereocenters. The molecule has 6 rings (SSSR count). The first-order valence-electron chi connectivity index (χ1n) is 13.9. The number of benzene rings is 1. The Morgan fingerprint density at radius 1 is 1.16 bits per heavy atom. The smallest absolute Gasteiger partial charge is 0.246 e. The molecule has 4 aliphatic rings. The Hall–Kier alpha value is -3.07. The molecule has 198 valence electrons. The molecule has 2 saturated heterocycles. The molecule has 0 bridgehead atoms. The summed E-state index contributed by atoms with van der Waals surface area (Å²) >= 11 is 0. The van der Waals surface area contributed by atoms with E-state index in [0.29, 0.717) is 24.5 Å².